The zero-order valence-corrected chi connectivity index (χ0v) is 7.42. The van der Waals surface area contributed by atoms with Crippen LogP contribution in [0, 0.1) is 29.0 Å². The van der Waals surface area contributed by atoms with E-state index in [4.69, 9.17) is 10.4 Å². The van der Waals surface area contributed by atoms with Crippen molar-refractivity contribution in [3.8, 4) is 17.9 Å². The molecule has 0 aromatic heterocycles. The Morgan fingerprint density at radius 1 is 1.43 bits per heavy atom. The average Bonchev–Trinajstić information content (AvgIpc) is 2.20. The van der Waals surface area contributed by atoms with Gasteiger partial charge in [0.15, 0.2) is 0 Å². The van der Waals surface area contributed by atoms with Gasteiger partial charge in [-0.25, -0.2) is 4.39 Å². The highest BCUT2D eigenvalue weighted by Gasteiger charge is 1.99. The Bertz CT molecular complexity index is 423. The standard InChI is InChI=1S/C11H8FNO/c12-11-7-9(8-13)4-5-10(11)3-1-2-6-14/h4-5,7,14H,2,6H2. The van der Waals surface area contributed by atoms with E-state index < -0.39 is 5.82 Å². The number of nitriles is 1. The Labute approximate surface area is 81.6 Å². The first kappa shape index (κ1) is 10.2. The molecule has 14 heavy (non-hydrogen) atoms. The Hall–Kier alpha value is -1.84. The van der Waals surface area contributed by atoms with E-state index in [9.17, 15) is 4.39 Å². The van der Waals surface area contributed by atoms with Crippen molar-refractivity contribution in [3.05, 3.63) is 35.1 Å². The van der Waals surface area contributed by atoms with E-state index in [0.29, 0.717) is 6.42 Å². The monoisotopic (exact) mass is 189 g/mol. The lowest BCUT2D eigenvalue weighted by molar-refractivity contribution is 0.305. The van der Waals surface area contributed by atoms with E-state index >= 15 is 0 Å². The number of benzene rings is 1. The third-order valence-corrected chi connectivity index (χ3v) is 1.56. The van der Waals surface area contributed by atoms with Crippen LogP contribution in [0.2, 0.25) is 0 Å². The fourth-order valence-corrected chi connectivity index (χ4v) is 0.900. The summed E-state index contributed by atoms with van der Waals surface area (Å²) in [7, 11) is 0. The van der Waals surface area contributed by atoms with Crippen molar-refractivity contribution in [1.82, 2.24) is 0 Å². The molecule has 0 fully saturated rings. The van der Waals surface area contributed by atoms with Crippen molar-refractivity contribution < 1.29 is 9.50 Å². The second-order valence-electron chi connectivity index (χ2n) is 2.58. The molecular formula is C11H8FNO. The van der Waals surface area contributed by atoms with Crippen LogP contribution >= 0.6 is 0 Å². The summed E-state index contributed by atoms with van der Waals surface area (Å²) < 4.78 is 13.1. The maximum absolute atomic E-state index is 13.1. The van der Waals surface area contributed by atoms with Crippen LogP contribution in [0.25, 0.3) is 0 Å². The maximum atomic E-state index is 13.1. The molecule has 0 amide bonds. The van der Waals surface area contributed by atoms with Gasteiger partial charge in [-0.05, 0) is 18.2 Å². The lowest BCUT2D eigenvalue weighted by Crippen LogP contribution is -1.85. The normalized spacial score (nSPS) is 8.64. The number of rotatable bonds is 1. The van der Waals surface area contributed by atoms with Gasteiger partial charge in [-0.15, -0.1) is 0 Å². The van der Waals surface area contributed by atoms with Gasteiger partial charge in [0.2, 0.25) is 0 Å². The molecule has 2 nitrogen and oxygen atoms in total. The third-order valence-electron chi connectivity index (χ3n) is 1.56. The van der Waals surface area contributed by atoms with Crippen LogP contribution in [0.5, 0.6) is 0 Å². The minimum atomic E-state index is -0.505. The van der Waals surface area contributed by atoms with Crippen molar-refractivity contribution in [3.63, 3.8) is 0 Å². The Morgan fingerprint density at radius 3 is 2.79 bits per heavy atom. The molecule has 0 unspecified atom stereocenters. The maximum Gasteiger partial charge on any atom is 0.140 e. The van der Waals surface area contributed by atoms with Crippen LogP contribution in [-0.4, -0.2) is 11.7 Å². The Morgan fingerprint density at radius 2 is 2.21 bits per heavy atom. The SMILES string of the molecule is N#Cc1ccc(C#CCCO)c(F)c1. The van der Waals surface area contributed by atoms with Gasteiger partial charge in [0, 0.05) is 6.42 Å². The summed E-state index contributed by atoms with van der Waals surface area (Å²) in [6.45, 7) is -0.0368. The van der Waals surface area contributed by atoms with E-state index in [0.717, 1.165) is 6.07 Å². The van der Waals surface area contributed by atoms with Gasteiger partial charge in [-0.3, -0.25) is 0 Å². The molecule has 1 rings (SSSR count). The quantitative estimate of drug-likeness (QED) is 0.679. The van der Waals surface area contributed by atoms with E-state index in [2.05, 4.69) is 11.8 Å². The highest BCUT2D eigenvalue weighted by atomic mass is 19.1. The van der Waals surface area contributed by atoms with Gasteiger partial charge in [0.25, 0.3) is 0 Å². The molecule has 0 heterocycles. The lowest BCUT2D eigenvalue weighted by atomic mass is 10.1. The van der Waals surface area contributed by atoms with E-state index in [1.54, 1.807) is 0 Å². The minimum absolute atomic E-state index is 0.0368. The molecule has 1 aromatic carbocycles. The van der Waals surface area contributed by atoms with E-state index in [-0.39, 0.29) is 17.7 Å². The zero-order chi connectivity index (χ0) is 10.4. The predicted molar refractivity (Wildman–Crippen MR) is 49.7 cm³/mol. The number of hydrogen-bond acceptors (Lipinski definition) is 2. The summed E-state index contributed by atoms with van der Waals surface area (Å²) in [6, 6.07) is 5.94. The molecule has 0 bridgehead atoms. The molecule has 0 aliphatic rings. The fourth-order valence-electron chi connectivity index (χ4n) is 0.900. The average molecular weight is 189 g/mol. The van der Waals surface area contributed by atoms with Crippen molar-refractivity contribution in [1.29, 1.82) is 5.26 Å². The number of aliphatic hydroxyl groups is 1. The molecule has 0 saturated carbocycles. The summed E-state index contributed by atoms with van der Waals surface area (Å²) in [6.07, 6.45) is 0.319. The largest absolute Gasteiger partial charge is 0.395 e. The predicted octanol–water partition coefficient (Wildman–Crippen LogP) is 1.43. The minimum Gasteiger partial charge on any atom is -0.395 e. The van der Waals surface area contributed by atoms with Crippen LogP contribution in [0.1, 0.15) is 17.5 Å². The smallest absolute Gasteiger partial charge is 0.140 e. The molecule has 0 atom stereocenters. The topological polar surface area (TPSA) is 44.0 Å². The zero-order valence-electron chi connectivity index (χ0n) is 7.42. The van der Waals surface area contributed by atoms with E-state index in [1.807, 2.05) is 6.07 Å². The highest BCUT2D eigenvalue weighted by Crippen LogP contribution is 2.08. The molecule has 3 heteroatoms. The van der Waals surface area contributed by atoms with Crippen LogP contribution < -0.4 is 0 Å². The second kappa shape index (κ2) is 5.01. The summed E-state index contributed by atoms with van der Waals surface area (Å²) in [4.78, 5) is 0. The van der Waals surface area contributed by atoms with Crippen LogP contribution in [0.15, 0.2) is 18.2 Å². The molecule has 0 spiro atoms. The fraction of sp³-hybridized carbons (Fsp3) is 0.182. The summed E-state index contributed by atoms with van der Waals surface area (Å²) in [5.74, 6) is 4.67. The van der Waals surface area contributed by atoms with E-state index in [1.165, 1.54) is 12.1 Å². The summed E-state index contributed by atoms with van der Waals surface area (Å²) in [5.41, 5.74) is 0.521. The summed E-state index contributed by atoms with van der Waals surface area (Å²) in [5, 5.41) is 16.9. The molecule has 1 N–H and O–H groups in total. The molecular weight excluding hydrogens is 181 g/mol. The molecule has 0 aliphatic carbocycles. The third kappa shape index (κ3) is 2.58. The molecule has 0 aliphatic heterocycles. The number of hydrogen-bond donors (Lipinski definition) is 1. The first-order chi connectivity index (χ1) is 6.77. The van der Waals surface area contributed by atoms with Crippen molar-refractivity contribution in [2.75, 3.05) is 6.61 Å². The first-order valence-corrected chi connectivity index (χ1v) is 4.07. The first-order valence-electron chi connectivity index (χ1n) is 4.07. The lowest BCUT2D eigenvalue weighted by Gasteiger charge is -1.93. The number of halogens is 1. The van der Waals surface area contributed by atoms with Crippen LogP contribution in [0.3, 0.4) is 0 Å². The van der Waals surface area contributed by atoms with Crippen molar-refractivity contribution in [2.45, 2.75) is 6.42 Å². The molecule has 0 saturated heterocycles. The number of nitrogens with zero attached hydrogens (tertiary/aromatic N) is 1. The van der Waals surface area contributed by atoms with Gasteiger partial charge in [0.1, 0.15) is 5.82 Å². The summed E-state index contributed by atoms with van der Waals surface area (Å²) >= 11 is 0. The number of aliphatic hydroxyl groups excluding tert-OH is 1. The van der Waals surface area contributed by atoms with Gasteiger partial charge >= 0.3 is 0 Å². The highest BCUT2D eigenvalue weighted by molar-refractivity contribution is 5.41. The Balaban J connectivity index is 2.92. The van der Waals surface area contributed by atoms with Gasteiger partial charge in [0.05, 0.1) is 23.8 Å². The molecule has 0 radical (unpaired) electrons. The molecule has 1 aromatic rings. The van der Waals surface area contributed by atoms with Gasteiger partial charge in [-0.2, -0.15) is 5.26 Å². The molecule has 70 valence electrons. The van der Waals surface area contributed by atoms with Gasteiger partial charge in [-0.1, -0.05) is 11.8 Å². The Kier molecular flexibility index (Phi) is 3.67. The van der Waals surface area contributed by atoms with Crippen molar-refractivity contribution in [2.24, 2.45) is 0 Å². The van der Waals surface area contributed by atoms with Crippen LogP contribution in [-0.2, 0) is 0 Å². The second-order valence-corrected chi connectivity index (χ2v) is 2.58. The van der Waals surface area contributed by atoms with Crippen LogP contribution in [0.4, 0.5) is 4.39 Å². The van der Waals surface area contributed by atoms with Crippen molar-refractivity contribution >= 4 is 0 Å². The van der Waals surface area contributed by atoms with Gasteiger partial charge < -0.3 is 5.11 Å².